The Morgan fingerprint density at radius 3 is 2.64 bits per heavy atom. The molecule has 0 radical (unpaired) electrons. The first-order valence-corrected chi connectivity index (χ1v) is 7.80. The van der Waals surface area contributed by atoms with Gasteiger partial charge in [-0.1, -0.05) is 24.3 Å². The summed E-state index contributed by atoms with van der Waals surface area (Å²) in [5.74, 6) is -0.0982. The van der Waals surface area contributed by atoms with E-state index in [1.54, 1.807) is 23.5 Å². The molecule has 0 fully saturated rings. The second-order valence-corrected chi connectivity index (χ2v) is 5.62. The largest absolute Gasteiger partial charge is 0.459 e. The first-order chi connectivity index (χ1) is 10.7. The number of benzene rings is 1. The number of furan rings is 1. The lowest BCUT2D eigenvalue weighted by atomic mass is 10.0. The van der Waals surface area contributed by atoms with Crippen LogP contribution in [0.1, 0.15) is 22.2 Å². The van der Waals surface area contributed by atoms with Crippen molar-refractivity contribution in [2.75, 3.05) is 6.54 Å². The van der Waals surface area contributed by atoms with Crippen LogP contribution in [0, 0.1) is 0 Å². The van der Waals surface area contributed by atoms with Gasteiger partial charge in [0.05, 0.1) is 12.4 Å². The topological polar surface area (TPSA) is 62.5 Å². The van der Waals surface area contributed by atoms with Crippen LogP contribution in [-0.2, 0) is 0 Å². The molecule has 2 heterocycles. The molecule has 2 aromatic heterocycles. The van der Waals surface area contributed by atoms with Crippen LogP contribution in [0.15, 0.2) is 63.9 Å². The van der Waals surface area contributed by atoms with Crippen LogP contribution < -0.4 is 5.32 Å². The predicted octanol–water partition coefficient (Wildman–Crippen LogP) is 3.47. The summed E-state index contributed by atoms with van der Waals surface area (Å²) >= 11 is 1.65. The predicted molar refractivity (Wildman–Crippen MR) is 85.8 cm³/mol. The van der Waals surface area contributed by atoms with Gasteiger partial charge >= 0.3 is 0 Å². The third-order valence-corrected chi connectivity index (χ3v) is 4.03. The van der Waals surface area contributed by atoms with Gasteiger partial charge in [-0.05, 0) is 45.6 Å². The third kappa shape index (κ3) is 3.27. The number of amides is 1. The van der Waals surface area contributed by atoms with E-state index >= 15 is 0 Å². The number of hydrogen-bond donors (Lipinski definition) is 2. The van der Waals surface area contributed by atoms with Gasteiger partial charge in [-0.25, -0.2) is 0 Å². The molecule has 22 heavy (non-hydrogen) atoms. The monoisotopic (exact) mass is 313 g/mol. The quantitative estimate of drug-likeness (QED) is 0.758. The maximum atomic E-state index is 11.7. The van der Waals surface area contributed by atoms with E-state index in [0.717, 1.165) is 16.7 Å². The average molecular weight is 313 g/mol. The zero-order valence-electron chi connectivity index (χ0n) is 11.7. The van der Waals surface area contributed by atoms with E-state index in [0.29, 0.717) is 0 Å². The molecule has 112 valence electrons. The van der Waals surface area contributed by atoms with E-state index in [1.807, 2.05) is 29.6 Å². The van der Waals surface area contributed by atoms with E-state index in [4.69, 9.17) is 4.42 Å². The highest BCUT2D eigenvalue weighted by Gasteiger charge is 2.12. The smallest absolute Gasteiger partial charge is 0.287 e. The molecule has 3 aromatic rings. The molecule has 1 atom stereocenters. The maximum Gasteiger partial charge on any atom is 0.287 e. The summed E-state index contributed by atoms with van der Waals surface area (Å²) in [5, 5.41) is 16.9. The van der Waals surface area contributed by atoms with Crippen molar-refractivity contribution < 1.29 is 14.3 Å². The van der Waals surface area contributed by atoms with Gasteiger partial charge in [-0.3, -0.25) is 4.79 Å². The van der Waals surface area contributed by atoms with Crippen molar-refractivity contribution in [2.45, 2.75) is 6.10 Å². The van der Waals surface area contributed by atoms with Gasteiger partial charge in [0, 0.05) is 6.54 Å². The van der Waals surface area contributed by atoms with Crippen molar-refractivity contribution in [1.82, 2.24) is 5.32 Å². The molecule has 0 aliphatic carbocycles. The molecule has 0 spiro atoms. The van der Waals surface area contributed by atoms with Crippen LogP contribution in [0.4, 0.5) is 0 Å². The minimum atomic E-state index is -0.754. The third-order valence-electron chi connectivity index (χ3n) is 3.35. The summed E-state index contributed by atoms with van der Waals surface area (Å²) in [6.07, 6.45) is 0.685. The lowest BCUT2D eigenvalue weighted by molar-refractivity contribution is 0.0889. The summed E-state index contributed by atoms with van der Waals surface area (Å²) in [4.78, 5) is 11.7. The minimum absolute atomic E-state index is 0.136. The minimum Gasteiger partial charge on any atom is -0.459 e. The molecular formula is C17H15NO3S. The normalized spacial score (nSPS) is 12.0. The molecule has 2 N–H and O–H groups in total. The molecule has 0 unspecified atom stereocenters. The fraction of sp³-hybridized carbons (Fsp3) is 0.118. The van der Waals surface area contributed by atoms with Gasteiger partial charge in [0.25, 0.3) is 5.91 Å². The Labute approximate surface area is 132 Å². The van der Waals surface area contributed by atoms with Crippen LogP contribution >= 0.6 is 11.3 Å². The number of carbonyl (C=O) groups excluding carboxylic acids is 1. The van der Waals surface area contributed by atoms with Gasteiger partial charge in [-0.15, -0.1) is 0 Å². The Morgan fingerprint density at radius 1 is 1.18 bits per heavy atom. The van der Waals surface area contributed by atoms with Crippen molar-refractivity contribution in [2.24, 2.45) is 0 Å². The van der Waals surface area contributed by atoms with Crippen LogP contribution in [0.3, 0.4) is 0 Å². The molecule has 4 nitrogen and oxygen atoms in total. The number of carbonyl (C=O) groups is 1. The van der Waals surface area contributed by atoms with Crippen molar-refractivity contribution in [3.63, 3.8) is 0 Å². The van der Waals surface area contributed by atoms with Gasteiger partial charge in [0.2, 0.25) is 0 Å². The highest BCUT2D eigenvalue weighted by Crippen LogP contribution is 2.23. The fourth-order valence-corrected chi connectivity index (χ4v) is 2.79. The van der Waals surface area contributed by atoms with Crippen molar-refractivity contribution in [3.05, 3.63) is 70.8 Å². The van der Waals surface area contributed by atoms with E-state index in [2.05, 4.69) is 16.8 Å². The summed E-state index contributed by atoms with van der Waals surface area (Å²) in [7, 11) is 0. The highest BCUT2D eigenvalue weighted by molar-refractivity contribution is 7.08. The Hall–Kier alpha value is -2.37. The second kappa shape index (κ2) is 6.60. The molecule has 0 aliphatic rings. The molecule has 0 saturated heterocycles. The van der Waals surface area contributed by atoms with E-state index in [-0.39, 0.29) is 18.2 Å². The Kier molecular flexibility index (Phi) is 4.37. The summed E-state index contributed by atoms with van der Waals surface area (Å²) in [6.45, 7) is 0.136. The van der Waals surface area contributed by atoms with Crippen LogP contribution in [-0.4, -0.2) is 17.6 Å². The first kappa shape index (κ1) is 14.6. The summed E-state index contributed by atoms with van der Waals surface area (Å²) < 4.78 is 5.00. The van der Waals surface area contributed by atoms with Crippen molar-refractivity contribution in [1.29, 1.82) is 0 Å². The molecule has 1 amide bonds. The Morgan fingerprint density at radius 2 is 2.00 bits per heavy atom. The molecule has 0 aliphatic heterocycles. The SMILES string of the molecule is O=C(NC[C@H](O)c1ccc(-c2ccsc2)cc1)c1ccco1. The zero-order chi connectivity index (χ0) is 15.4. The molecule has 5 heteroatoms. The van der Waals surface area contributed by atoms with Crippen molar-refractivity contribution in [3.8, 4) is 11.1 Å². The number of aliphatic hydroxyl groups excluding tert-OH is 1. The Balaban J connectivity index is 1.60. The number of thiophene rings is 1. The van der Waals surface area contributed by atoms with Crippen LogP contribution in [0.25, 0.3) is 11.1 Å². The van der Waals surface area contributed by atoms with Gasteiger partial charge < -0.3 is 14.8 Å². The molecule has 0 bridgehead atoms. The number of rotatable bonds is 5. The highest BCUT2D eigenvalue weighted by atomic mass is 32.1. The molecular weight excluding hydrogens is 298 g/mol. The number of aliphatic hydroxyl groups is 1. The first-order valence-electron chi connectivity index (χ1n) is 6.86. The zero-order valence-corrected chi connectivity index (χ0v) is 12.5. The van der Waals surface area contributed by atoms with Crippen LogP contribution in [0.2, 0.25) is 0 Å². The van der Waals surface area contributed by atoms with Gasteiger partial charge in [0.1, 0.15) is 0 Å². The summed E-state index contributed by atoms with van der Waals surface area (Å²) in [5.41, 5.74) is 3.03. The van der Waals surface area contributed by atoms with E-state index in [9.17, 15) is 9.90 Å². The fourth-order valence-electron chi connectivity index (χ4n) is 2.13. The number of nitrogens with one attached hydrogen (secondary N) is 1. The van der Waals surface area contributed by atoms with Crippen molar-refractivity contribution >= 4 is 17.2 Å². The molecule has 1 aromatic carbocycles. The molecule has 0 saturated carbocycles. The molecule has 3 rings (SSSR count). The lowest BCUT2D eigenvalue weighted by Crippen LogP contribution is -2.28. The van der Waals surface area contributed by atoms with Gasteiger partial charge in [-0.2, -0.15) is 11.3 Å². The Bertz CT molecular complexity index is 718. The van der Waals surface area contributed by atoms with Crippen LogP contribution in [0.5, 0.6) is 0 Å². The van der Waals surface area contributed by atoms with E-state index < -0.39 is 6.10 Å². The van der Waals surface area contributed by atoms with Gasteiger partial charge in [0.15, 0.2) is 5.76 Å². The van der Waals surface area contributed by atoms with E-state index in [1.165, 1.54) is 6.26 Å². The second-order valence-electron chi connectivity index (χ2n) is 4.84. The standard InChI is InChI=1S/C17H15NO3S/c19-15(10-18-17(20)16-2-1-8-21-16)13-5-3-12(4-6-13)14-7-9-22-11-14/h1-9,11,15,19H,10H2,(H,18,20)/t15-/m0/s1. The number of hydrogen-bond acceptors (Lipinski definition) is 4. The average Bonchev–Trinajstić information content (AvgIpc) is 3.25. The lowest BCUT2D eigenvalue weighted by Gasteiger charge is -2.12. The maximum absolute atomic E-state index is 11.7. The summed E-state index contributed by atoms with van der Waals surface area (Å²) in [6, 6.07) is 13.0.